The van der Waals surface area contributed by atoms with Crippen LogP contribution in [0.5, 0.6) is 0 Å². The van der Waals surface area contributed by atoms with Gasteiger partial charge in [-0.05, 0) is 26.0 Å². The van der Waals surface area contributed by atoms with Crippen LogP contribution >= 0.6 is 0 Å². The Morgan fingerprint density at radius 3 is 2.58 bits per heavy atom. The van der Waals surface area contributed by atoms with E-state index in [4.69, 9.17) is 4.42 Å². The SMILES string of the molecule is Cc1cc(=O)c2ccccc2o1.Cc1cncnn1. The number of nitrogens with zero attached hydrogens (tertiary/aromatic N) is 3. The van der Waals surface area contributed by atoms with Crippen LogP contribution in [-0.2, 0) is 0 Å². The number of hydrogen-bond donors (Lipinski definition) is 0. The summed E-state index contributed by atoms with van der Waals surface area (Å²) in [5, 5.41) is 7.83. The van der Waals surface area contributed by atoms with Gasteiger partial charge in [-0.25, -0.2) is 4.98 Å². The Morgan fingerprint density at radius 2 is 1.95 bits per heavy atom. The lowest BCUT2D eigenvalue weighted by molar-refractivity contribution is 0.565. The molecule has 2 heterocycles. The van der Waals surface area contributed by atoms with Gasteiger partial charge in [0, 0.05) is 6.07 Å². The molecule has 0 N–H and O–H groups in total. The lowest BCUT2D eigenvalue weighted by Crippen LogP contribution is -1.99. The van der Waals surface area contributed by atoms with Crippen molar-refractivity contribution in [2.75, 3.05) is 0 Å². The molecule has 1 aromatic carbocycles. The summed E-state index contributed by atoms with van der Waals surface area (Å²) in [7, 11) is 0. The molecule has 0 fully saturated rings. The third-order valence-electron chi connectivity index (χ3n) is 2.35. The maximum absolute atomic E-state index is 11.3. The van der Waals surface area contributed by atoms with Gasteiger partial charge in [0.05, 0.1) is 17.3 Å². The molecule has 5 heteroatoms. The number of para-hydroxylation sites is 1. The van der Waals surface area contributed by atoms with Gasteiger partial charge in [-0.2, -0.15) is 5.10 Å². The fourth-order valence-electron chi connectivity index (χ4n) is 1.54. The van der Waals surface area contributed by atoms with E-state index in [1.54, 1.807) is 25.3 Å². The second-order valence-corrected chi connectivity index (χ2v) is 3.97. The topological polar surface area (TPSA) is 68.9 Å². The lowest BCUT2D eigenvalue weighted by atomic mass is 10.2. The van der Waals surface area contributed by atoms with Gasteiger partial charge in [0.15, 0.2) is 5.43 Å². The third kappa shape index (κ3) is 3.45. The number of aromatic nitrogens is 3. The molecule has 0 spiro atoms. The standard InChI is InChI=1S/C10H8O2.C4H5N3/c1-7-6-9(11)8-4-2-3-5-10(8)12-7;1-4-2-5-3-6-7-4/h2-6H,1H3;2-3H,1H3. The van der Waals surface area contributed by atoms with Crippen molar-refractivity contribution < 1.29 is 4.42 Å². The minimum absolute atomic E-state index is 0.0225. The molecule has 3 rings (SSSR count). The van der Waals surface area contributed by atoms with Gasteiger partial charge in [0.25, 0.3) is 0 Å². The van der Waals surface area contributed by atoms with E-state index >= 15 is 0 Å². The molecular weight excluding hydrogens is 242 g/mol. The van der Waals surface area contributed by atoms with Gasteiger partial charge in [0.2, 0.25) is 0 Å². The summed E-state index contributed by atoms with van der Waals surface area (Å²) >= 11 is 0. The van der Waals surface area contributed by atoms with E-state index in [0.29, 0.717) is 16.7 Å². The van der Waals surface area contributed by atoms with E-state index in [-0.39, 0.29) is 5.43 Å². The number of fused-ring (bicyclic) bond motifs is 1. The molecule has 5 nitrogen and oxygen atoms in total. The Hall–Kier alpha value is -2.56. The Bertz CT molecular complexity index is 723. The van der Waals surface area contributed by atoms with E-state index in [1.165, 1.54) is 12.4 Å². The van der Waals surface area contributed by atoms with E-state index in [0.717, 1.165) is 5.69 Å². The summed E-state index contributed by atoms with van der Waals surface area (Å²) in [6, 6.07) is 8.74. The molecule has 3 aromatic rings. The van der Waals surface area contributed by atoms with E-state index < -0.39 is 0 Å². The molecule has 0 unspecified atom stereocenters. The van der Waals surface area contributed by atoms with Crippen LogP contribution in [0.1, 0.15) is 11.5 Å². The highest BCUT2D eigenvalue weighted by molar-refractivity contribution is 5.75. The van der Waals surface area contributed by atoms with Gasteiger partial charge in [-0.15, -0.1) is 5.10 Å². The zero-order chi connectivity index (χ0) is 13.7. The van der Waals surface area contributed by atoms with Crippen molar-refractivity contribution in [2.45, 2.75) is 13.8 Å². The highest BCUT2D eigenvalue weighted by Gasteiger charge is 1.98. The summed E-state index contributed by atoms with van der Waals surface area (Å²) in [5.74, 6) is 0.652. The number of hydrogen-bond acceptors (Lipinski definition) is 5. The fraction of sp³-hybridized carbons (Fsp3) is 0.143. The molecule has 0 saturated heterocycles. The van der Waals surface area contributed by atoms with Crippen LogP contribution in [0.4, 0.5) is 0 Å². The average Bonchev–Trinajstić information content (AvgIpc) is 2.40. The maximum Gasteiger partial charge on any atom is 0.192 e. The summed E-state index contributed by atoms with van der Waals surface area (Å²) in [5.41, 5.74) is 1.53. The first kappa shape index (κ1) is 12.9. The number of rotatable bonds is 0. The Morgan fingerprint density at radius 1 is 1.16 bits per heavy atom. The number of aryl methyl sites for hydroxylation is 2. The molecular formula is C14H13N3O2. The minimum atomic E-state index is 0.0225. The monoisotopic (exact) mass is 255 g/mol. The summed E-state index contributed by atoms with van der Waals surface area (Å²) in [4.78, 5) is 15.1. The van der Waals surface area contributed by atoms with Crippen molar-refractivity contribution in [1.82, 2.24) is 15.2 Å². The van der Waals surface area contributed by atoms with Crippen molar-refractivity contribution in [3.05, 3.63) is 64.5 Å². The molecule has 0 saturated carbocycles. The molecule has 0 radical (unpaired) electrons. The van der Waals surface area contributed by atoms with E-state index in [9.17, 15) is 4.79 Å². The predicted molar refractivity (Wildman–Crippen MR) is 71.8 cm³/mol. The van der Waals surface area contributed by atoms with Crippen LogP contribution in [0.3, 0.4) is 0 Å². The summed E-state index contributed by atoms with van der Waals surface area (Å²) in [6.45, 7) is 3.62. The molecule has 0 aliphatic carbocycles. The molecule has 96 valence electrons. The molecule has 19 heavy (non-hydrogen) atoms. The highest BCUT2D eigenvalue weighted by Crippen LogP contribution is 2.10. The van der Waals surface area contributed by atoms with Gasteiger partial charge in [-0.1, -0.05) is 12.1 Å². The Labute approximate surface area is 109 Å². The van der Waals surface area contributed by atoms with Crippen LogP contribution in [0.2, 0.25) is 0 Å². The van der Waals surface area contributed by atoms with Crippen LogP contribution in [0.25, 0.3) is 11.0 Å². The zero-order valence-electron chi connectivity index (χ0n) is 10.7. The van der Waals surface area contributed by atoms with Crippen molar-refractivity contribution >= 4 is 11.0 Å². The van der Waals surface area contributed by atoms with Crippen molar-refractivity contribution in [3.63, 3.8) is 0 Å². The van der Waals surface area contributed by atoms with Crippen LogP contribution in [0.15, 0.2) is 52.1 Å². The first-order valence-corrected chi connectivity index (χ1v) is 5.75. The van der Waals surface area contributed by atoms with Crippen molar-refractivity contribution in [1.29, 1.82) is 0 Å². The normalized spacial score (nSPS) is 9.79. The molecule has 2 aromatic heterocycles. The van der Waals surface area contributed by atoms with Gasteiger partial charge < -0.3 is 4.42 Å². The second kappa shape index (κ2) is 5.86. The minimum Gasteiger partial charge on any atom is -0.461 e. The maximum atomic E-state index is 11.3. The van der Waals surface area contributed by atoms with Gasteiger partial charge in [-0.3, -0.25) is 4.79 Å². The average molecular weight is 255 g/mol. The first-order valence-electron chi connectivity index (χ1n) is 5.75. The van der Waals surface area contributed by atoms with Crippen LogP contribution < -0.4 is 5.43 Å². The quantitative estimate of drug-likeness (QED) is 0.616. The smallest absolute Gasteiger partial charge is 0.192 e. The summed E-state index contributed by atoms with van der Waals surface area (Å²) < 4.78 is 5.34. The largest absolute Gasteiger partial charge is 0.461 e. The molecule has 0 aliphatic rings. The molecule has 0 amide bonds. The molecule has 0 aliphatic heterocycles. The number of benzene rings is 1. The molecule has 0 bridgehead atoms. The zero-order valence-corrected chi connectivity index (χ0v) is 10.7. The van der Waals surface area contributed by atoms with E-state index in [2.05, 4.69) is 15.2 Å². The fourth-order valence-corrected chi connectivity index (χ4v) is 1.54. The van der Waals surface area contributed by atoms with Crippen LogP contribution in [-0.4, -0.2) is 15.2 Å². The van der Waals surface area contributed by atoms with Crippen LogP contribution in [0, 0.1) is 13.8 Å². The Kier molecular flexibility index (Phi) is 3.97. The lowest BCUT2D eigenvalue weighted by Gasteiger charge is -1.96. The Balaban J connectivity index is 0.000000163. The predicted octanol–water partition coefficient (Wildman–Crippen LogP) is 2.28. The summed E-state index contributed by atoms with van der Waals surface area (Å²) in [6.07, 6.45) is 3.07. The van der Waals surface area contributed by atoms with E-state index in [1.807, 2.05) is 19.1 Å². The van der Waals surface area contributed by atoms with Crippen molar-refractivity contribution in [3.8, 4) is 0 Å². The first-order chi connectivity index (χ1) is 9.16. The van der Waals surface area contributed by atoms with Gasteiger partial charge in [0.1, 0.15) is 17.7 Å². The van der Waals surface area contributed by atoms with Crippen molar-refractivity contribution in [2.24, 2.45) is 0 Å². The second-order valence-electron chi connectivity index (χ2n) is 3.97. The highest BCUT2D eigenvalue weighted by atomic mass is 16.3. The molecule has 0 atom stereocenters. The van der Waals surface area contributed by atoms with Gasteiger partial charge >= 0.3 is 0 Å². The third-order valence-corrected chi connectivity index (χ3v) is 2.35.